The van der Waals surface area contributed by atoms with Gasteiger partial charge in [0.15, 0.2) is 0 Å². The topological polar surface area (TPSA) is 52.3 Å². The minimum atomic E-state index is -0.383. The van der Waals surface area contributed by atoms with Crippen LogP contribution in [-0.4, -0.2) is 29.1 Å². The van der Waals surface area contributed by atoms with Crippen LogP contribution in [0.15, 0.2) is 0 Å². The van der Waals surface area contributed by atoms with Gasteiger partial charge in [0.1, 0.15) is 5.60 Å². The van der Waals surface area contributed by atoms with Crippen LogP contribution in [0.3, 0.4) is 0 Å². The van der Waals surface area contributed by atoms with Crippen molar-refractivity contribution in [3.05, 3.63) is 0 Å². The summed E-state index contributed by atoms with van der Waals surface area (Å²) in [5.41, 5.74) is 5.15. The normalized spacial score (nSPS) is 13.9. The number of carbonyl (C=O) groups excluding carboxylic acids is 1. The lowest BCUT2D eigenvalue weighted by Gasteiger charge is -2.19. The summed E-state index contributed by atoms with van der Waals surface area (Å²) in [5.74, 6) is 1.01. The van der Waals surface area contributed by atoms with E-state index in [0.29, 0.717) is 5.75 Å². The molecule has 0 aliphatic carbocycles. The summed E-state index contributed by atoms with van der Waals surface area (Å²) in [7, 11) is 0. The summed E-state index contributed by atoms with van der Waals surface area (Å²) >= 11 is 1.51. The van der Waals surface area contributed by atoms with E-state index >= 15 is 0 Å². The molecule has 1 atom stereocenters. The zero-order valence-corrected chi connectivity index (χ0v) is 9.61. The van der Waals surface area contributed by atoms with Crippen LogP contribution in [-0.2, 0) is 9.53 Å². The Hall–Kier alpha value is -0.220. The second-order valence-corrected chi connectivity index (χ2v) is 5.11. The van der Waals surface area contributed by atoms with Crippen LogP contribution in [0.1, 0.15) is 27.7 Å². The highest BCUT2D eigenvalue weighted by Gasteiger charge is 2.15. The number of rotatable bonds is 4. The van der Waals surface area contributed by atoms with Gasteiger partial charge in [0.2, 0.25) is 0 Å². The number of nitrogens with two attached hydrogens (primary N) is 1. The Morgan fingerprint density at radius 2 is 2.08 bits per heavy atom. The van der Waals surface area contributed by atoms with Gasteiger partial charge in [-0.2, -0.15) is 0 Å². The highest BCUT2D eigenvalue weighted by Crippen LogP contribution is 2.10. The van der Waals surface area contributed by atoms with E-state index in [4.69, 9.17) is 10.5 Å². The van der Waals surface area contributed by atoms with Gasteiger partial charge in [-0.25, -0.2) is 0 Å². The second-order valence-electron chi connectivity index (χ2n) is 4.08. The molecule has 0 spiro atoms. The number of hydrogen-bond donors (Lipinski definition) is 1. The molecule has 78 valence electrons. The molecule has 0 aliphatic rings. The van der Waals surface area contributed by atoms with Gasteiger partial charge in [-0.05, 0) is 27.7 Å². The zero-order valence-electron chi connectivity index (χ0n) is 8.79. The van der Waals surface area contributed by atoms with Gasteiger partial charge in [0.25, 0.3) is 0 Å². The third kappa shape index (κ3) is 9.70. The molecule has 0 aliphatic heterocycles. The fourth-order valence-corrected chi connectivity index (χ4v) is 1.41. The monoisotopic (exact) mass is 205 g/mol. The number of esters is 1. The molecular weight excluding hydrogens is 186 g/mol. The predicted octanol–water partition coefficient (Wildman–Crippen LogP) is 1.41. The van der Waals surface area contributed by atoms with Gasteiger partial charge in [0.05, 0.1) is 5.75 Å². The van der Waals surface area contributed by atoms with Crippen LogP contribution in [0.4, 0.5) is 0 Å². The average molecular weight is 205 g/mol. The van der Waals surface area contributed by atoms with Crippen LogP contribution >= 0.6 is 11.8 Å². The minimum Gasteiger partial charge on any atom is -0.459 e. The maximum atomic E-state index is 11.2. The van der Waals surface area contributed by atoms with Crippen molar-refractivity contribution in [2.24, 2.45) is 5.73 Å². The number of thioether (sulfide) groups is 1. The molecule has 0 fully saturated rings. The van der Waals surface area contributed by atoms with E-state index in [0.717, 1.165) is 5.75 Å². The molecule has 2 N–H and O–H groups in total. The van der Waals surface area contributed by atoms with Crippen molar-refractivity contribution < 1.29 is 9.53 Å². The summed E-state index contributed by atoms with van der Waals surface area (Å²) in [6.45, 7) is 7.51. The quantitative estimate of drug-likeness (QED) is 0.705. The molecule has 0 heterocycles. The lowest BCUT2D eigenvalue weighted by atomic mass is 10.2. The van der Waals surface area contributed by atoms with E-state index < -0.39 is 0 Å². The molecule has 0 aromatic carbocycles. The van der Waals surface area contributed by atoms with Crippen molar-refractivity contribution in [1.82, 2.24) is 0 Å². The van der Waals surface area contributed by atoms with Gasteiger partial charge in [-0.15, -0.1) is 11.8 Å². The summed E-state index contributed by atoms with van der Waals surface area (Å²) in [5, 5.41) is 0. The van der Waals surface area contributed by atoms with Crippen molar-refractivity contribution in [3.8, 4) is 0 Å². The summed E-state index contributed by atoms with van der Waals surface area (Å²) in [6, 6.07) is 0.132. The molecule has 0 aromatic heterocycles. The van der Waals surface area contributed by atoms with Crippen molar-refractivity contribution in [2.45, 2.75) is 39.3 Å². The van der Waals surface area contributed by atoms with E-state index in [1.807, 2.05) is 27.7 Å². The predicted molar refractivity (Wildman–Crippen MR) is 56.8 cm³/mol. The van der Waals surface area contributed by atoms with Crippen molar-refractivity contribution in [3.63, 3.8) is 0 Å². The largest absolute Gasteiger partial charge is 0.459 e. The maximum Gasteiger partial charge on any atom is 0.316 e. The summed E-state index contributed by atoms with van der Waals surface area (Å²) in [6.07, 6.45) is 0. The molecule has 0 bridgehead atoms. The fraction of sp³-hybridized carbons (Fsp3) is 0.889. The van der Waals surface area contributed by atoms with Crippen molar-refractivity contribution >= 4 is 17.7 Å². The third-order valence-corrected chi connectivity index (χ3v) is 2.22. The van der Waals surface area contributed by atoms with Crippen molar-refractivity contribution in [2.75, 3.05) is 11.5 Å². The Kier molecular flexibility index (Phi) is 5.40. The van der Waals surface area contributed by atoms with Crippen LogP contribution in [0.5, 0.6) is 0 Å². The van der Waals surface area contributed by atoms with E-state index in [1.54, 1.807) is 0 Å². The highest BCUT2D eigenvalue weighted by molar-refractivity contribution is 7.99. The molecule has 4 heteroatoms. The molecule has 0 aromatic rings. The van der Waals surface area contributed by atoms with Gasteiger partial charge < -0.3 is 10.5 Å². The standard InChI is InChI=1S/C9H19NO2S/c1-7(10)5-13-6-8(11)12-9(2,3)4/h7H,5-6,10H2,1-4H3. The first-order valence-electron chi connectivity index (χ1n) is 4.36. The maximum absolute atomic E-state index is 11.2. The highest BCUT2D eigenvalue weighted by atomic mass is 32.2. The van der Waals surface area contributed by atoms with E-state index in [1.165, 1.54) is 11.8 Å². The van der Waals surface area contributed by atoms with Crippen LogP contribution in [0, 0.1) is 0 Å². The number of ether oxygens (including phenoxy) is 1. The SMILES string of the molecule is CC(N)CSCC(=O)OC(C)(C)C. The Morgan fingerprint density at radius 1 is 1.54 bits per heavy atom. The lowest BCUT2D eigenvalue weighted by Crippen LogP contribution is -2.26. The molecule has 1 unspecified atom stereocenters. The molecule has 0 radical (unpaired) electrons. The average Bonchev–Trinajstić information content (AvgIpc) is 1.81. The first kappa shape index (κ1) is 12.8. The van der Waals surface area contributed by atoms with Crippen LogP contribution in [0.2, 0.25) is 0 Å². The van der Waals surface area contributed by atoms with Gasteiger partial charge in [0, 0.05) is 11.8 Å². The van der Waals surface area contributed by atoms with E-state index in [9.17, 15) is 4.79 Å². The number of hydrogen-bond acceptors (Lipinski definition) is 4. The van der Waals surface area contributed by atoms with Crippen LogP contribution < -0.4 is 5.73 Å². The molecule has 0 rings (SSSR count). The molecule has 0 amide bonds. The molecule has 0 saturated heterocycles. The lowest BCUT2D eigenvalue weighted by molar-refractivity contribution is -0.151. The summed E-state index contributed by atoms with van der Waals surface area (Å²) in [4.78, 5) is 11.2. The third-order valence-electron chi connectivity index (χ3n) is 1.02. The van der Waals surface area contributed by atoms with E-state index in [-0.39, 0.29) is 17.6 Å². The van der Waals surface area contributed by atoms with Crippen molar-refractivity contribution in [1.29, 1.82) is 0 Å². The second kappa shape index (κ2) is 5.50. The molecule has 13 heavy (non-hydrogen) atoms. The molecular formula is C9H19NO2S. The smallest absolute Gasteiger partial charge is 0.316 e. The van der Waals surface area contributed by atoms with Crippen LogP contribution in [0.25, 0.3) is 0 Å². The zero-order chi connectivity index (χ0) is 10.5. The first-order chi connectivity index (χ1) is 5.81. The van der Waals surface area contributed by atoms with Gasteiger partial charge in [-0.1, -0.05) is 0 Å². The Balaban J connectivity index is 3.53. The summed E-state index contributed by atoms with van der Waals surface area (Å²) < 4.78 is 5.12. The van der Waals surface area contributed by atoms with E-state index in [2.05, 4.69) is 0 Å². The Morgan fingerprint density at radius 3 is 2.46 bits per heavy atom. The first-order valence-corrected chi connectivity index (χ1v) is 5.52. The number of carbonyl (C=O) groups is 1. The Labute approximate surface area is 84.4 Å². The Bertz CT molecular complexity index is 163. The molecule has 0 saturated carbocycles. The minimum absolute atomic E-state index is 0.132. The fourth-order valence-electron chi connectivity index (χ4n) is 0.699. The molecule has 3 nitrogen and oxygen atoms in total. The van der Waals surface area contributed by atoms with Gasteiger partial charge in [-0.3, -0.25) is 4.79 Å². The van der Waals surface area contributed by atoms with Gasteiger partial charge >= 0.3 is 5.97 Å².